The summed E-state index contributed by atoms with van der Waals surface area (Å²) in [6, 6.07) is 21.5. The lowest BCUT2D eigenvalue weighted by molar-refractivity contribution is 0.685. The van der Waals surface area contributed by atoms with Crippen molar-refractivity contribution >= 4 is 5.69 Å². The maximum atomic E-state index is 3.99. The van der Waals surface area contributed by atoms with E-state index in [1.165, 1.54) is 11.1 Å². The van der Waals surface area contributed by atoms with Crippen LogP contribution in [0.25, 0.3) is 0 Å². The van der Waals surface area contributed by atoms with Gasteiger partial charge >= 0.3 is 0 Å². The molecule has 2 N–H and O–H groups in total. The zero-order valence-electron chi connectivity index (χ0n) is 12.0. The molecule has 0 saturated carbocycles. The van der Waals surface area contributed by atoms with Gasteiger partial charge in [0.1, 0.15) is 0 Å². The molecule has 3 heteroatoms. The first-order valence-corrected chi connectivity index (χ1v) is 7.20. The highest BCUT2D eigenvalue weighted by Gasteiger charge is 2.21. The van der Waals surface area contributed by atoms with Crippen LogP contribution in [0.2, 0.25) is 0 Å². The molecule has 0 radical (unpaired) electrons. The quantitative estimate of drug-likeness (QED) is 0.739. The number of nitrogens with zero attached hydrogens (tertiary/aromatic N) is 1. The second-order valence-corrected chi connectivity index (χ2v) is 5.22. The van der Waals surface area contributed by atoms with Crippen LogP contribution in [0, 0.1) is 0 Å². The molecule has 3 nitrogen and oxygen atoms in total. The predicted octanol–water partition coefficient (Wildman–Crippen LogP) is 4.04. The third kappa shape index (κ3) is 3.14. The second-order valence-electron chi connectivity index (χ2n) is 5.22. The molecular weight excluding hydrogens is 258 g/mol. The molecule has 21 heavy (non-hydrogen) atoms. The number of hydrogen-bond acceptors (Lipinski definition) is 2. The fourth-order valence-electron chi connectivity index (χ4n) is 2.77. The molecule has 1 unspecified atom stereocenters. The first-order valence-electron chi connectivity index (χ1n) is 7.20. The molecule has 106 valence electrons. The molecule has 1 aromatic heterocycles. The zero-order chi connectivity index (χ0) is 14.5. The first-order chi connectivity index (χ1) is 10.3. The van der Waals surface area contributed by atoms with Gasteiger partial charge in [-0.2, -0.15) is 5.10 Å². The van der Waals surface area contributed by atoms with Crippen molar-refractivity contribution in [1.82, 2.24) is 10.2 Å². The van der Waals surface area contributed by atoms with Crippen LogP contribution in [0.5, 0.6) is 0 Å². The van der Waals surface area contributed by atoms with E-state index in [2.05, 4.69) is 83.1 Å². The van der Waals surface area contributed by atoms with Crippen molar-refractivity contribution in [2.45, 2.75) is 18.9 Å². The Hall–Kier alpha value is -2.55. The number of benzene rings is 2. The number of aromatic amines is 1. The lowest BCUT2D eigenvalue weighted by Crippen LogP contribution is -2.25. The van der Waals surface area contributed by atoms with Crippen LogP contribution >= 0.6 is 0 Å². The van der Waals surface area contributed by atoms with Crippen molar-refractivity contribution in [3.8, 4) is 0 Å². The molecular formula is C18H19N3. The summed E-state index contributed by atoms with van der Waals surface area (Å²) < 4.78 is 0. The summed E-state index contributed by atoms with van der Waals surface area (Å²) >= 11 is 0. The summed E-state index contributed by atoms with van der Waals surface area (Å²) in [4.78, 5) is 0. The normalized spacial score (nSPS) is 12.3. The van der Waals surface area contributed by atoms with Crippen molar-refractivity contribution in [2.75, 3.05) is 5.32 Å². The molecule has 2 aromatic carbocycles. The van der Waals surface area contributed by atoms with Crippen molar-refractivity contribution in [1.29, 1.82) is 0 Å². The maximum Gasteiger partial charge on any atom is 0.0726 e. The Labute approximate surface area is 125 Å². The molecule has 0 fully saturated rings. The minimum Gasteiger partial charge on any atom is -0.379 e. The Morgan fingerprint density at radius 1 is 0.905 bits per heavy atom. The fourth-order valence-corrected chi connectivity index (χ4v) is 2.77. The van der Waals surface area contributed by atoms with E-state index in [9.17, 15) is 0 Å². The van der Waals surface area contributed by atoms with E-state index >= 15 is 0 Å². The van der Waals surface area contributed by atoms with Gasteiger partial charge in [-0.15, -0.1) is 0 Å². The molecule has 0 aliphatic rings. The van der Waals surface area contributed by atoms with Gasteiger partial charge in [-0.3, -0.25) is 5.10 Å². The molecule has 0 bridgehead atoms. The highest BCUT2D eigenvalue weighted by atomic mass is 15.1. The third-order valence-electron chi connectivity index (χ3n) is 3.71. The summed E-state index contributed by atoms with van der Waals surface area (Å²) in [5.74, 6) is 0.294. The summed E-state index contributed by atoms with van der Waals surface area (Å²) in [6.07, 6.45) is 3.69. The van der Waals surface area contributed by atoms with E-state index < -0.39 is 0 Å². The first kappa shape index (κ1) is 13.4. The van der Waals surface area contributed by atoms with E-state index in [-0.39, 0.29) is 6.04 Å². The summed E-state index contributed by atoms with van der Waals surface area (Å²) in [6.45, 7) is 2.21. The van der Waals surface area contributed by atoms with Gasteiger partial charge < -0.3 is 5.32 Å². The van der Waals surface area contributed by atoms with Gasteiger partial charge in [0.25, 0.3) is 0 Å². The van der Waals surface area contributed by atoms with Gasteiger partial charge in [-0.25, -0.2) is 0 Å². The standard InChI is InChI=1S/C18H19N3/c1-14(21-17-12-19-20-13-17)18(15-8-4-2-5-9-15)16-10-6-3-7-11-16/h2-14,18,21H,1H3,(H,19,20). The van der Waals surface area contributed by atoms with Crippen LogP contribution in [-0.2, 0) is 0 Å². The minimum atomic E-state index is 0.257. The molecule has 0 amide bonds. The Kier molecular flexibility index (Phi) is 4.01. The molecule has 0 saturated heterocycles. The van der Waals surface area contributed by atoms with Crippen molar-refractivity contribution in [3.63, 3.8) is 0 Å². The number of nitrogens with one attached hydrogen (secondary N) is 2. The van der Waals surface area contributed by atoms with E-state index in [0.29, 0.717) is 5.92 Å². The highest BCUT2D eigenvalue weighted by Crippen LogP contribution is 2.29. The summed E-state index contributed by atoms with van der Waals surface area (Å²) in [7, 11) is 0. The molecule has 3 aromatic rings. The fraction of sp³-hybridized carbons (Fsp3) is 0.167. The Morgan fingerprint density at radius 2 is 1.48 bits per heavy atom. The number of aromatic nitrogens is 2. The second kappa shape index (κ2) is 6.27. The van der Waals surface area contributed by atoms with Crippen molar-refractivity contribution < 1.29 is 0 Å². The Balaban J connectivity index is 1.92. The van der Waals surface area contributed by atoms with E-state index in [0.717, 1.165) is 5.69 Å². The molecule has 1 atom stereocenters. The number of rotatable bonds is 5. The average molecular weight is 277 g/mol. The Morgan fingerprint density at radius 3 is 1.95 bits per heavy atom. The van der Waals surface area contributed by atoms with Gasteiger partial charge in [0.05, 0.1) is 11.9 Å². The smallest absolute Gasteiger partial charge is 0.0726 e. The van der Waals surface area contributed by atoms with E-state index in [1.807, 2.05) is 12.4 Å². The van der Waals surface area contributed by atoms with E-state index in [1.54, 1.807) is 0 Å². The number of H-pyrrole nitrogens is 1. The van der Waals surface area contributed by atoms with Crippen molar-refractivity contribution in [2.24, 2.45) is 0 Å². The van der Waals surface area contributed by atoms with Gasteiger partial charge in [0, 0.05) is 18.2 Å². The minimum absolute atomic E-state index is 0.257. The topological polar surface area (TPSA) is 40.7 Å². The van der Waals surface area contributed by atoms with Crippen LogP contribution in [0.1, 0.15) is 24.0 Å². The van der Waals surface area contributed by atoms with Gasteiger partial charge in [-0.05, 0) is 18.1 Å². The largest absolute Gasteiger partial charge is 0.379 e. The SMILES string of the molecule is CC(Nc1cn[nH]c1)C(c1ccccc1)c1ccccc1. The molecule has 0 aliphatic heterocycles. The molecule has 1 heterocycles. The van der Waals surface area contributed by atoms with Crippen LogP contribution in [0.15, 0.2) is 73.1 Å². The third-order valence-corrected chi connectivity index (χ3v) is 3.71. The van der Waals surface area contributed by atoms with Gasteiger partial charge in [0.15, 0.2) is 0 Å². The number of hydrogen-bond donors (Lipinski definition) is 2. The molecule has 0 spiro atoms. The maximum absolute atomic E-state index is 3.99. The summed E-state index contributed by atoms with van der Waals surface area (Å²) in [5.41, 5.74) is 3.64. The molecule has 0 aliphatic carbocycles. The highest BCUT2D eigenvalue weighted by molar-refractivity contribution is 5.43. The van der Waals surface area contributed by atoms with Gasteiger partial charge in [-0.1, -0.05) is 60.7 Å². The van der Waals surface area contributed by atoms with Crippen LogP contribution in [-0.4, -0.2) is 16.2 Å². The van der Waals surface area contributed by atoms with E-state index in [4.69, 9.17) is 0 Å². The predicted molar refractivity (Wildman–Crippen MR) is 86.4 cm³/mol. The zero-order valence-corrected chi connectivity index (χ0v) is 12.0. The average Bonchev–Trinajstić information content (AvgIpc) is 3.02. The van der Waals surface area contributed by atoms with Gasteiger partial charge in [0.2, 0.25) is 0 Å². The van der Waals surface area contributed by atoms with Crippen molar-refractivity contribution in [3.05, 3.63) is 84.2 Å². The lowest BCUT2D eigenvalue weighted by atomic mass is 9.86. The van der Waals surface area contributed by atoms with Crippen LogP contribution in [0.4, 0.5) is 5.69 Å². The van der Waals surface area contributed by atoms with Crippen LogP contribution in [0.3, 0.4) is 0 Å². The Bertz CT molecular complexity index is 608. The lowest BCUT2D eigenvalue weighted by Gasteiger charge is -2.26. The number of anilines is 1. The van der Waals surface area contributed by atoms with Crippen LogP contribution < -0.4 is 5.32 Å². The summed E-state index contributed by atoms with van der Waals surface area (Å²) in [5, 5.41) is 10.4. The monoisotopic (exact) mass is 277 g/mol. The molecule has 3 rings (SSSR count).